The van der Waals surface area contributed by atoms with Gasteiger partial charge in [0.25, 0.3) is 11.8 Å². The van der Waals surface area contributed by atoms with Crippen molar-refractivity contribution in [2.24, 2.45) is 4.99 Å². The van der Waals surface area contributed by atoms with Crippen molar-refractivity contribution in [2.75, 3.05) is 19.5 Å². The molecule has 0 saturated heterocycles. The standard InChI is InChI=1S/C37H35N3O5S/c1-5-8-19-29(7-3)40-36(43)30(23-26-20-21-31(45-22-6-2)32(24-26)44-4)35(42)39-37(40)46-25-33(41)38-34(27-15-11-9-12-16-27)28-17-13-10-14-18-28/h5-21,23-24,34H,1-2,22,25H2,3-4H3,(H,38,41)/b19-8-,29-7+,30-23+. The van der Waals surface area contributed by atoms with E-state index in [1.165, 1.54) is 18.1 Å². The van der Waals surface area contributed by atoms with Gasteiger partial charge < -0.3 is 14.8 Å². The van der Waals surface area contributed by atoms with Gasteiger partial charge in [0.2, 0.25) is 5.91 Å². The fourth-order valence-electron chi connectivity index (χ4n) is 4.60. The topological polar surface area (TPSA) is 97.3 Å². The average Bonchev–Trinajstić information content (AvgIpc) is 3.09. The Morgan fingerprint density at radius 3 is 2.26 bits per heavy atom. The van der Waals surface area contributed by atoms with Crippen LogP contribution in [0.25, 0.3) is 6.08 Å². The van der Waals surface area contributed by atoms with Crippen molar-refractivity contribution in [3.63, 3.8) is 0 Å². The third-order valence-electron chi connectivity index (χ3n) is 6.77. The molecular weight excluding hydrogens is 598 g/mol. The normalized spacial score (nSPS) is 14.4. The lowest BCUT2D eigenvalue weighted by molar-refractivity contribution is -0.126. The van der Waals surface area contributed by atoms with Gasteiger partial charge in [0.05, 0.1) is 18.9 Å². The van der Waals surface area contributed by atoms with E-state index in [1.54, 1.807) is 55.5 Å². The first kappa shape index (κ1) is 33.5. The number of rotatable bonds is 13. The van der Waals surface area contributed by atoms with Crippen LogP contribution in [0.1, 0.15) is 29.7 Å². The number of amides is 3. The fraction of sp³-hybridized carbons (Fsp3) is 0.135. The van der Waals surface area contributed by atoms with Gasteiger partial charge >= 0.3 is 0 Å². The second-order valence-electron chi connectivity index (χ2n) is 9.83. The predicted octanol–water partition coefficient (Wildman–Crippen LogP) is 6.65. The molecule has 8 nitrogen and oxygen atoms in total. The van der Waals surface area contributed by atoms with Gasteiger partial charge in [-0.25, -0.2) is 0 Å². The number of allylic oxidation sites excluding steroid dienone is 4. The van der Waals surface area contributed by atoms with E-state index in [-0.39, 0.29) is 28.4 Å². The lowest BCUT2D eigenvalue weighted by atomic mass is 9.99. The Balaban J connectivity index is 1.62. The van der Waals surface area contributed by atoms with Crippen molar-refractivity contribution < 1.29 is 23.9 Å². The van der Waals surface area contributed by atoms with Crippen molar-refractivity contribution in [3.05, 3.63) is 150 Å². The molecule has 3 amide bonds. The molecule has 0 bridgehead atoms. The molecule has 9 heteroatoms. The highest BCUT2D eigenvalue weighted by Crippen LogP contribution is 2.31. The van der Waals surface area contributed by atoms with E-state index < -0.39 is 11.8 Å². The highest BCUT2D eigenvalue weighted by molar-refractivity contribution is 8.14. The molecule has 0 unspecified atom stereocenters. The van der Waals surface area contributed by atoms with Crippen molar-refractivity contribution in [1.29, 1.82) is 0 Å². The number of hydrogen-bond acceptors (Lipinski definition) is 6. The Morgan fingerprint density at radius 1 is 1.00 bits per heavy atom. The summed E-state index contributed by atoms with van der Waals surface area (Å²) in [5, 5.41) is 3.18. The smallest absolute Gasteiger partial charge is 0.285 e. The van der Waals surface area contributed by atoms with Gasteiger partial charge in [0, 0.05) is 5.70 Å². The van der Waals surface area contributed by atoms with Crippen LogP contribution >= 0.6 is 11.8 Å². The van der Waals surface area contributed by atoms with Crippen molar-refractivity contribution in [1.82, 2.24) is 10.2 Å². The number of thioether (sulfide) groups is 1. The zero-order valence-corrected chi connectivity index (χ0v) is 26.5. The SMILES string of the molecule is C=C/C=C\C(=C/C)N1C(=O)/C(=C/c2ccc(OCC=C)c(OC)c2)C(=O)N=C1SCC(=O)NC(c1ccccc1)c1ccccc1. The van der Waals surface area contributed by atoms with Crippen molar-refractivity contribution >= 4 is 40.7 Å². The Bertz CT molecular complexity index is 1670. The van der Waals surface area contributed by atoms with E-state index in [0.717, 1.165) is 22.9 Å². The number of benzene rings is 3. The summed E-state index contributed by atoms with van der Waals surface area (Å²) in [4.78, 5) is 46.2. The van der Waals surface area contributed by atoms with E-state index in [4.69, 9.17) is 9.47 Å². The van der Waals surface area contributed by atoms with Gasteiger partial charge in [0.15, 0.2) is 16.7 Å². The quantitative estimate of drug-likeness (QED) is 0.0980. The molecule has 3 aromatic carbocycles. The number of aliphatic imine (C=N–C) groups is 1. The van der Waals surface area contributed by atoms with Crippen molar-refractivity contribution in [2.45, 2.75) is 13.0 Å². The summed E-state index contributed by atoms with van der Waals surface area (Å²) in [6, 6.07) is 24.0. The van der Waals surface area contributed by atoms with Crippen LogP contribution in [0.4, 0.5) is 0 Å². The maximum Gasteiger partial charge on any atom is 0.285 e. The summed E-state index contributed by atoms with van der Waals surface area (Å²) in [7, 11) is 1.50. The first-order valence-electron chi connectivity index (χ1n) is 14.5. The Kier molecular flexibility index (Phi) is 12.1. The monoisotopic (exact) mass is 633 g/mol. The van der Waals surface area contributed by atoms with E-state index in [9.17, 15) is 14.4 Å². The minimum absolute atomic E-state index is 0.0867. The Hall–Kier alpha value is -5.41. The van der Waals surface area contributed by atoms with Crippen LogP contribution in [0.3, 0.4) is 0 Å². The average molecular weight is 634 g/mol. The van der Waals surface area contributed by atoms with E-state index in [1.807, 2.05) is 60.7 Å². The molecular formula is C37H35N3O5S. The van der Waals surface area contributed by atoms with Crippen LogP contribution in [-0.2, 0) is 14.4 Å². The fourth-order valence-corrected chi connectivity index (χ4v) is 5.41. The summed E-state index contributed by atoms with van der Waals surface area (Å²) in [5.74, 6) is -0.749. The zero-order valence-electron chi connectivity index (χ0n) is 25.7. The molecule has 0 saturated carbocycles. The third-order valence-corrected chi connectivity index (χ3v) is 7.71. The predicted molar refractivity (Wildman–Crippen MR) is 184 cm³/mol. The number of carbonyl (C=O) groups excluding carboxylic acids is 3. The zero-order chi connectivity index (χ0) is 32.9. The Labute approximate surface area is 273 Å². The van der Waals surface area contributed by atoms with Crippen LogP contribution in [0.5, 0.6) is 11.5 Å². The number of carbonyl (C=O) groups is 3. The highest BCUT2D eigenvalue weighted by Gasteiger charge is 2.35. The molecule has 0 aromatic heterocycles. The summed E-state index contributed by atoms with van der Waals surface area (Å²) in [6.07, 6.45) is 9.73. The third kappa shape index (κ3) is 8.40. The molecule has 0 aliphatic carbocycles. The highest BCUT2D eigenvalue weighted by atomic mass is 32.2. The van der Waals surface area contributed by atoms with Gasteiger partial charge in [-0.05, 0) is 47.9 Å². The molecule has 0 radical (unpaired) electrons. The lowest BCUT2D eigenvalue weighted by Gasteiger charge is -2.28. The van der Waals surface area contributed by atoms with Gasteiger partial charge in [-0.3, -0.25) is 19.3 Å². The number of methoxy groups -OCH3 is 1. The number of nitrogens with zero attached hydrogens (tertiary/aromatic N) is 2. The molecule has 1 N–H and O–H groups in total. The van der Waals surface area contributed by atoms with Crippen LogP contribution < -0.4 is 14.8 Å². The van der Waals surface area contributed by atoms with Crippen molar-refractivity contribution in [3.8, 4) is 11.5 Å². The second-order valence-corrected chi connectivity index (χ2v) is 10.8. The molecule has 0 spiro atoms. The summed E-state index contributed by atoms with van der Waals surface area (Å²) < 4.78 is 11.1. The van der Waals surface area contributed by atoms with E-state index in [2.05, 4.69) is 23.5 Å². The number of amidine groups is 1. The van der Waals surface area contributed by atoms with E-state index in [0.29, 0.717) is 29.4 Å². The second kappa shape index (κ2) is 16.6. The lowest BCUT2D eigenvalue weighted by Crippen LogP contribution is -2.42. The number of ether oxygens (including phenoxy) is 2. The maximum absolute atomic E-state index is 13.9. The van der Waals surface area contributed by atoms with Crippen LogP contribution in [0, 0.1) is 0 Å². The molecule has 0 atom stereocenters. The van der Waals surface area contributed by atoms with Gasteiger partial charge in [0.1, 0.15) is 12.2 Å². The van der Waals surface area contributed by atoms with Crippen LogP contribution in [0.15, 0.2) is 139 Å². The molecule has 1 aliphatic rings. The minimum atomic E-state index is -0.718. The molecule has 46 heavy (non-hydrogen) atoms. The van der Waals surface area contributed by atoms with E-state index >= 15 is 0 Å². The molecule has 234 valence electrons. The summed E-state index contributed by atoms with van der Waals surface area (Å²) in [5.41, 5.74) is 2.71. The minimum Gasteiger partial charge on any atom is -0.493 e. The first-order chi connectivity index (χ1) is 22.4. The van der Waals surface area contributed by atoms with Crippen LogP contribution in [0.2, 0.25) is 0 Å². The maximum atomic E-state index is 13.9. The summed E-state index contributed by atoms with van der Waals surface area (Å²) >= 11 is 1.00. The Morgan fingerprint density at radius 2 is 1.67 bits per heavy atom. The molecule has 3 aromatic rings. The summed E-state index contributed by atoms with van der Waals surface area (Å²) in [6.45, 7) is 9.42. The van der Waals surface area contributed by atoms with Gasteiger partial charge in [-0.2, -0.15) is 4.99 Å². The largest absolute Gasteiger partial charge is 0.493 e. The molecule has 0 fully saturated rings. The number of hydrogen-bond donors (Lipinski definition) is 1. The van der Waals surface area contributed by atoms with Crippen LogP contribution in [-0.4, -0.2) is 47.3 Å². The molecule has 1 aliphatic heterocycles. The van der Waals surface area contributed by atoms with Gasteiger partial charge in [-0.15, -0.1) is 0 Å². The van der Waals surface area contributed by atoms with Gasteiger partial charge in [-0.1, -0.05) is 116 Å². The number of nitrogens with one attached hydrogen (secondary N) is 1. The molecule has 4 rings (SSSR count). The molecule has 1 heterocycles. The first-order valence-corrected chi connectivity index (χ1v) is 15.5.